The van der Waals surface area contributed by atoms with Crippen molar-refractivity contribution in [1.82, 2.24) is 5.32 Å². The van der Waals surface area contributed by atoms with Gasteiger partial charge in [0.1, 0.15) is 6.04 Å². The Morgan fingerprint density at radius 1 is 1.25 bits per heavy atom. The topological polar surface area (TPSA) is 81.4 Å². The summed E-state index contributed by atoms with van der Waals surface area (Å²) >= 11 is 0. The Bertz CT molecular complexity index is 420. The van der Waals surface area contributed by atoms with Crippen molar-refractivity contribution in [3.05, 3.63) is 35.9 Å². The fourth-order valence-electron chi connectivity index (χ4n) is 1.82. The predicted molar refractivity (Wildman–Crippen MR) is 77.2 cm³/mol. The number of ether oxygens (including phenoxy) is 1. The Labute approximate surface area is 119 Å². The van der Waals surface area contributed by atoms with E-state index < -0.39 is 12.0 Å². The molecule has 0 saturated heterocycles. The average molecular weight is 278 g/mol. The molecule has 5 heteroatoms. The number of esters is 1. The van der Waals surface area contributed by atoms with Crippen molar-refractivity contribution in [3.63, 3.8) is 0 Å². The van der Waals surface area contributed by atoms with Crippen LogP contribution < -0.4 is 11.1 Å². The predicted octanol–water partition coefficient (Wildman–Crippen LogP) is 1.48. The van der Waals surface area contributed by atoms with Crippen LogP contribution in [0.15, 0.2) is 30.3 Å². The van der Waals surface area contributed by atoms with Gasteiger partial charge in [-0.3, -0.25) is 4.79 Å². The zero-order valence-electron chi connectivity index (χ0n) is 11.8. The second-order valence-electron chi connectivity index (χ2n) is 4.43. The summed E-state index contributed by atoms with van der Waals surface area (Å²) in [5.41, 5.74) is 5.97. The van der Waals surface area contributed by atoms with Gasteiger partial charge in [-0.15, -0.1) is 0 Å². The Morgan fingerprint density at radius 3 is 2.55 bits per heavy atom. The first kappa shape index (κ1) is 16.2. The fraction of sp³-hybridized carbons (Fsp3) is 0.467. The minimum absolute atomic E-state index is 0.267. The molecular weight excluding hydrogens is 256 g/mol. The van der Waals surface area contributed by atoms with E-state index >= 15 is 0 Å². The highest BCUT2D eigenvalue weighted by atomic mass is 16.5. The minimum atomic E-state index is -0.616. The first-order valence-corrected chi connectivity index (χ1v) is 6.91. The van der Waals surface area contributed by atoms with E-state index in [0.29, 0.717) is 25.1 Å². The van der Waals surface area contributed by atoms with Crippen molar-refractivity contribution in [2.75, 3.05) is 13.2 Å². The van der Waals surface area contributed by atoms with Crippen LogP contribution in [0.2, 0.25) is 0 Å². The van der Waals surface area contributed by atoms with Gasteiger partial charge in [-0.25, -0.2) is 4.79 Å². The number of hydrogen-bond donors (Lipinski definition) is 2. The third-order valence-electron chi connectivity index (χ3n) is 2.86. The molecule has 0 aromatic heterocycles. The molecule has 0 aliphatic heterocycles. The second-order valence-corrected chi connectivity index (χ2v) is 4.43. The number of hydrogen-bond acceptors (Lipinski definition) is 4. The summed E-state index contributed by atoms with van der Waals surface area (Å²) in [7, 11) is 0. The molecule has 1 atom stereocenters. The molecular formula is C15H22N2O3. The molecule has 0 fully saturated rings. The third kappa shape index (κ3) is 5.40. The number of nitrogens with one attached hydrogen (secondary N) is 1. The van der Waals surface area contributed by atoms with E-state index in [1.54, 1.807) is 31.2 Å². The van der Waals surface area contributed by atoms with Crippen molar-refractivity contribution in [2.45, 2.75) is 32.2 Å². The Balaban J connectivity index is 2.63. The molecule has 1 aromatic carbocycles. The van der Waals surface area contributed by atoms with Gasteiger partial charge in [0.2, 0.25) is 0 Å². The van der Waals surface area contributed by atoms with Crippen molar-refractivity contribution < 1.29 is 14.3 Å². The van der Waals surface area contributed by atoms with E-state index in [1.807, 2.05) is 6.07 Å². The van der Waals surface area contributed by atoms with Gasteiger partial charge in [-0.1, -0.05) is 18.2 Å². The highest BCUT2D eigenvalue weighted by molar-refractivity contribution is 5.96. The lowest BCUT2D eigenvalue weighted by Gasteiger charge is -2.17. The second kappa shape index (κ2) is 9.09. The standard InChI is InChI=1S/C15H22N2O3/c1-2-20-15(19)13(10-6-7-11-16)17-14(18)12-8-4-3-5-9-12/h3-5,8-9,13H,2,6-7,10-11,16H2,1H3,(H,17,18)/t13-/m0/s1. The van der Waals surface area contributed by atoms with Gasteiger partial charge < -0.3 is 15.8 Å². The summed E-state index contributed by atoms with van der Waals surface area (Å²) < 4.78 is 4.99. The first-order chi connectivity index (χ1) is 9.69. The van der Waals surface area contributed by atoms with Crippen LogP contribution in [0.25, 0.3) is 0 Å². The highest BCUT2D eigenvalue weighted by Crippen LogP contribution is 2.05. The summed E-state index contributed by atoms with van der Waals surface area (Å²) in [6.45, 7) is 2.61. The maximum Gasteiger partial charge on any atom is 0.328 e. The molecule has 3 N–H and O–H groups in total. The number of rotatable bonds is 8. The third-order valence-corrected chi connectivity index (χ3v) is 2.86. The van der Waals surface area contributed by atoms with Crippen molar-refractivity contribution >= 4 is 11.9 Å². The molecule has 5 nitrogen and oxygen atoms in total. The van der Waals surface area contributed by atoms with Crippen LogP contribution in [0.5, 0.6) is 0 Å². The maximum atomic E-state index is 12.1. The molecule has 1 aromatic rings. The van der Waals surface area contributed by atoms with Crippen LogP contribution in [-0.2, 0) is 9.53 Å². The Morgan fingerprint density at radius 2 is 1.95 bits per heavy atom. The van der Waals surface area contributed by atoms with Crippen LogP contribution in [0.4, 0.5) is 0 Å². The zero-order chi connectivity index (χ0) is 14.8. The number of amides is 1. The van der Waals surface area contributed by atoms with Gasteiger partial charge in [0, 0.05) is 5.56 Å². The molecule has 0 heterocycles. The number of carbonyl (C=O) groups is 2. The van der Waals surface area contributed by atoms with E-state index in [0.717, 1.165) is 12.8 Å². The zero-order valence-corrected chi connectivity index (χ0v) is 11.8. The van der Waals surface area contributed by atoms with E-state index in [1.165, 1.54) is 0 Å². The average Bonchev–Trinajstić information content (AvgIpc) is 2.47. The Hall–Kier alpha value is -1.88. The molecule has 1 rings (SSSR count). The van der Waals surface area contributed by atoms with Crippen molar-refractivity contribution in [3.8, 4) is 0 Å². The molecule has 0 unspecified atom stereocenters. The SMILES string of the molecule is CCOC(=O)[C@H](CCCCN)NC(=O)c1ccccc1. The number of carbonyl (C=O) groups excluding carboxylic acids is 2. The van der Waals surface area contributed by atoms with Gasteiger partial charge in [0.05, 0.1) is 6.61 Å². The summed E-state index contributed by atoms with van der Waals surface area (Å²) in [5.74, 6) is -0.662. The van der Waals surface area contributed by atoms with Crippen molar-refractivity contribution in [2.24, 2.45) is 5.73 Å². The monoisotopic (exact) mass is 278 g/mol. The molecule has 0 radical (unpaired) electrons. The van der Waals surface area contributed by atoms with Gasteiger partial charge >= 0.3 is 5.97 Å². The van der Waals surface area contributed by atoms with Crippen LogP contribution >= 0.6 is 0 Å². The first-order valence-electron chi connectivity index (χ1n) is 6.91. The summed E-state index contributed by atoms with van der Waals surface area (Å²) in [4.78, 5) is 23.9. The number of nitrogens with two attached hydrogens (primary N) is 1. The lowest BCUT2D eigenvalue weighted by molar-refractivity contribution is -0.145. The maximum absolute atomic E-state index is 12.1. The van der Waals surface area contributed by atoms with Gasteiger partial charge in [-0.2, -0.15) is 0 Å². The van der Waals surface area contributed by atoms with Crippen molar-refractivity contribution in [1.29, 1.82) is 0 Å². The molecule has 0 saturated carbocycles. The quantitative estimate of drug-likeness (QED) is 0.557. The molecule has 0 spiro atoms. The van der Waals surface area contributed by atoms with E-state index in [9.17, 15) is 9.59 Å². The van der Waals surface area contributed by atoms with Gasteiger partial charge in [-0.05, 0) is 44.9 Å². The van der Waals surface area contributed by atoms with Crippen LogP contribution in [0, 0.1) is 0 Å². The molecule has 20 heavy (non-hydrogen) atoms. The smallest absolute Gasteiger partial charge is 0.328 e. The Kier molecular flexibility index (Phi) is 7.35. The minimum Gasteiger partial charge on any atom is -0.464 e. The highest BCUT2D eigenvalue weighted by Gasteiger charge is 2.21. The lowest BCUT2D eigenvalue weighted by Crippen LogP contribution is -2.41. The van der Waals surface area contributed by atoms with E-state index in [2.05, 4.69) is 5.32 Å². The largest absolute Gasteiger partial charge is 0.464 e. The fourth-order valence-corrected chi connectivity index (χ4v) is 1.82. The van der Waals surface area contributed by atoms with Gasteiger partial charge in [0.15, 0.2) is 0 Å². The number of unbranched alkanes of at least 4 members (excludes halogenated alkanes) is 1. The van der Waals surface area contributed by atoms with E-state index in [-0.39, 0.29) is 5.91 Å². The van der Waals surface area contributed by atoms with Crippen LogP contribution in [0.1, 0.15) is 36.5 Å². The molecule has 110 valence electrons. The summed E-state index contributed by atoms with van der Waals surface area (Å²) in [6.07, 6.45) is 2.13. The molecule has 0 aliphatic carbocycles. The lowest BCUT2D eigenvalue weighted by atomic mass is 10.1. The van der Waals surface area contributed by atoms with Crippen LogP contribution in [0.3, 0.4) is 0 Å². The van der Waals surface area contributed by atoms with E-state index in [4.69, 9.17) is 10.5 Å². The molecule has 1 amide bonds. The number of benzene rings is 1. The van der Waals surface area contributed by atoms with Crippen LogP contribution in [-0.4, -0.2) is 31.1 Å². The van der Waals surface area contributed by atoms with Gasteiger partial charge in [0.25, 0.3) is 5.91 Å². The normalized spacial score (nSPS) is 11.7. The summed E-state index contributed by atoms with van der Waals surface area (Å²) in [5, 5.41) is 2.72. The molecule has 0 aliphatic rings. The summed E-state index contributed by atoms with van der Waals surface area (Å²) in [6, 6.07) is 8.19. The molecule has 0 bridgehead atoms.